The number of thiophene rings is 1. The summed E-state index contributed by atoms with van der Waals surface area (Å²) in [5.74, 6) is 1.09. The molecule has 2 aromatic carbocycles. The average Bonchev–Trinajstić information content (AvgIpc) is 3.35. The first-order valence-corrected chi connectivity index (χ1v) is 13.6. The van der Waals surface area contributed by atoms with Gasteiger partial charge < -0.3 is 14.5 Å². The van der Waals surface area contributed by atoms with Crippen molar-refractivity contribution in [1.29, 1.82) is 0 Å². The molecule has 4 rings (SSSR count). The molecule has 36 heavy (non-hydrogen) atoms. The van der Waals surface area contributed by atoms with Crippen molar-refractivity contribution in [3.63, 3.8) is 0 Å². The van der Waals surface area contributed by atoms with Crippen LogP contribution in [0.4, 0.5) is 0 Å². The van der Waals surface area contributed by atoms with Crippen molar-refractivity contribution in [3.8, 4) is 5.75 Å². The summed E-state index contributed by atoms with van der Waals surface area (Å²) in [6.45, 7) is 11.3. The first kappa shape index (κ1) is 26.0. The van der Waals surface area contributed by atoms with Gasteiger partial charge in [0.05, 0.1) is 6.04 Å². The van der Waals surface area contributed by atoms with Crippen LogP contribution in [0.25, 0.3) is 0 Å². The molecule has 3 aromatic rings. The summed E-state index contributed by atoms with van der Waals surface area (Å²) in [4.78, 5) is 31.8. The first-order chi connectivity index (χ1) is 17.2. The number of aryl methyl sites for hydroxylation is 1. The summed E-state index contributed by atoms with van der Waals surface area (Å²) < 4.78 is 6.20. The zero-order valence-electron chi connectivity index (χ0n) is 21.9. The summed E-state index contributed by atoms with van der Waals surface area (Å²) in [6, 6.07) is 17.5. The van der Waals surface area contributed by atoms with Gasteiger partial charge in [-0.25, -0.2) is 0 Å². The quantitative estimate of drug-likeness (QED) is 0.365. The predicted molar refractivity (Wildman–Crippen MR) is 146 cm³/mol. The smallest absolute Gasteiger partial charge is 0.254 e. The Hall–Kier alpha value is -3.12. The lowest BCUT2D eigenvalue weighted by atomic mass is 10.00. The SMILES string of the molecule is Cc1ccc(C(=O)N(CC(=O)N2CCc3sccc3C2COc2ccc(C(C)C)cc2)C(C)C)cc1. The molecule has 190 valence electrons. The van der Waals surface area contributed by atoms with Crippen LogP contribution in [0.3, 0.4) is 0 Å². The molecule has 0 saturated carbocycles. The van der Waals surface area contributed by atoms with Crippen LogP contribution >= 0.6 is 11.3 Å². The molecule has 1 aliphatic heterocycles. The largest absolute Gasteiger partial charge is 0.491 e. The third-order valence-electron chi connectivity index (χ3n) is 6.86. The van der Waals surface area contributed by atoms with Crippen molar-refractivity contribution in [2.24, 2.45) is 0 Å². The predicted octanol–water partition coefficient (Wildman–Crippen LogP) is 6.24. The van der Waals surface area contributed by atoms with Crippen LogP contribution in [0.1, 0.15) is 71.6 Å². The maximum atomic E-state index is 13.7. The molecule has 1 atom stereocenters. The van der Waals surface area contributed by atoms with Crippen molar-refractivity contribution >= 4 is 23.2 Å². The second-order valence-electron chi connectivity index (χ2n) is 10.1. The fourth-order valence-corrected chi connectivity index (χ4v) is 5.51. The van der Waals surface area contributed by atoms with Gasteiger partial charge in [0.15, 0.2) is 0 Å². The molecule has 2 amide bonds. The van der Waals surface area contributed by atoms with Crippen LogP contribution < -0.4 is 4.74 Å². The Morgan fingerprint density at radius 2 is 1.72 bits per heavy atom. The number of fused-ring (bicyclic) bond motifs is 1. The average molecular weight is 505 g/mol. The third kappa shape index (κ3) is 5.81. The van der Waals surface area contributed by atoms with Gasteiger partial charge in [0, 0.05) is 23.0 Å². The summed E-state index contributed by atoms with van der Waals surface area (Å²) in [6.07, 6.45) is 0.825. The van der Waals surface area contributed by atoms with Gasteiger partial charge in [-0.2, -0.15) is 0 Å². The van der Waals surface area contributed by atoms with Crippen molar-refractivity contribution in [1.82, 2.24) is 9.80 Å². The van der Waals surface area contributed by atoms with Crippen molar-refractivity contribution in [3.05, 3.63) is 87.1 Å². The maximum absolute atomic E-state index is 13.7. The van der Waals surface area contributed by atoms with E-state index in [9.17, 15) is 9.59 Å². The Bertz CT molecular complexity index is 1180. The molecule has 2 heterocycles. The molecular formula is C30H36N2O3S. The van der Waals surface area contributed by atoms with Gasteiger partial charge in [0.1, 0.15) is 18.9 Å². The van der Waals surface area contributed by atoms with E-state index in [-0.39, 0.29) is 30.4 Å². The number of hydrogen-bond acceptors (Lipinski definition) is 4. The molecule has 0 saturated heterocycles. The van der Waals surface area contributed by atoms with E-state index in [1.165, 1.54) is 10.4 Å². The molecule has 5 nitrogen and oxygen atoms in total. The number of carbonyl (C=O) groups excluding carboxylic acids is 2. The summed E-state index contributed by atoms with van der Waals surface area (Å²) >= 11 is 1.73. The molecule has 0 spiro atoms. The van der Waals surface area contributed by atoms with E-state index in [1.54, 1.807) is 16.2 Å². The number of nitrogens with zero attached hydrogens (tertiary/aromatic N) is 2. The highest BCUT2D eigenvalue weighted by molar-refractivity contribution is 7.10. The molecule has 1 aliphatic rings. The lowest BCUT2D eigenvalue weighted by Crippen LogP contribution is -2.49. The van der Waals surface area contributed by atoms with Gasteiger partial charge in [-0.15, -0.1) is 11.3 Å². The summed E-state index contributed by atoms with van der Waals surface area (Å²) in [7, 11) is 0. The Labute approximate surface area is 218 Å². The van der Waals surface area contributed by atoms with Crippen molar-refractivity contribution in [2.45, 2.75) is 59.0 Å². The molecule has 0 fully saturated rings. The Balaban J connectivity index is 1.51. The molecule has 1 aromatic heterocycles. The normalized spacial score (nSPS) is 15.2. The van der Waals surface area contributed by atoms with Gasteiger partial charge in [-0.05, 0) is 79.9 Å². The van der Waals surface area contributed by atoms with Crippen LogP contribution in [0, 0.1) is 6.92 Å². The standard InChI is InChI=1S/C30H36N2O3S/c1-20(2)23-10-12-25(13-11-23)35-19-27-26-15-17-36-28(26)14-16-31(27)29(33)18-32(21(3)4)30(34)24-8-6-22(5)7-9-24/h6-13,15,17,20-21,27H,14,16,18-19H2,1-5H3. The maximum Gasteiger partial charge on any atom is 0.254 e. The molecule has 6 heteroatoms. The Morgan fingerprint density at radius 1 is 1.03 bits per heavy atom. The topological polar surface area (TPSA) is 49.9 Å². The Morgan fingerprint density at radius 3 is 2.36 bits per heavy atom. The highest BCUT2D eigenvalue weighted by Gasteiger charge is 2.34. The van der Waals surface area contributed by atoms with Crippen LogP contribution in [0.5, 0.6) is 5.75 Å². The minimum Gasteiger partial charge on any atom is -0.491 e. The molecular weight excluding hydrogens is 468 g/mol. The van der Waals surface area contributed by atoms with Crippen molar-refractivity contribution in [2.75, 3.05) is 19.7 Å². The summed E-state index contributed by atoms with van der Waals surface area (Å²) in [5, 5.41) is 2.09. The highest BCUT2D eigenvalue weighted by atomic mass is 32.1. The van der Waals surface area contributed by atoms with E-state index >= 15 is 0 Å². The number of benzene rings is 2. The van der Waals surface area contributed by atoms with Crippen LogP contribution in [-0.4, -0.2) is 47.4 Å². The molecule has 0 N–H and O–H groups in total. The minimum atomic E-state index is -0.180. The van der Waals surface area contributed by atoms with Crippen LogP contribution in [-0.2, 0) is 11.2 Å². The fourth-order valence-electron chi connectivity index (χ4n) is 4.59. The monoisotopic (exact) mass is 504 g/mol. The second kappa shape index (κ2) is 11.3. The number of amides is 2. The molecule has 1 unspecified atom stereocenters. The number of ether oxygens (including phenoxy) is 1. The van der Waals surface area contributed by atoms with Crippen LogP contribution in [0.15, 0.2) is 60.0 Å². The van der Waals surface area contributed by atoms with Gasteiger partial charge >= 0.3 is 0 Å². The summed E-state index contributed by atoms with van der Waals surface area (Å²) in [5.41, 5.74) is 4.12. The molecule has 0 radical (unpaired) electrons. The fraction of sp³-hybridized carbons (Fsp3) is 0.400. The second-order valence-corrected chi connectivity index (χ2v) is 11.1. The first-order valence-electron chi connectivity index (χ1n) is 12.7. The minimum absolute atomic E-state index is 0.0451. The van der Waals surface area contributed by atoms with E-state index < -0.39 is 0 Å². The lowest BCUT2D eigenvalue weighted by molar-refractivity contribution is -0.136. The van der Waals surface area contributed by atoms with Gasteiger partial charge in [-0.3, -0.25) is 9.59 Å². The molecule has 0 aliphatic carbocycles. The van der Waals surface area contributed by atoms with E-state index in [4.69, 9.17) is 4.74 Å². The van der Waals surface area contributed by atoms with E-state index in [0.29, 0.717) is 24.6 Å². The van der Waals surface area contributed by atoms with E-state index in [0.717, 1.165) is 23.3 Å². The lowest BCUT2D eigenvalue weighted by Gasteiger charge is -2.37. The number of carbonyl (C=O) groups is 2. The molecule has 0 bridgehead atoms. The van der Waals surface area contributed by atoms with Crippen molar-refractivity contribution < 1.29 is 14.3 Å². The number of hydrogen-bond donors (Lipinski definition) is 0. The van der Waals surface area contributed by atoms with Gasteiger partial charge in [0.2, 0.25) is 5.91 Å². The van der Waals surface area contributed by atoms with E-state index in [1.807, 2.05) is 62.1 Å². The van der Waals surface area contributed by atoms with Gasteiger partial charge in [-0.1, -0.05) is 43.7 Å². The zero-order chi connectivity index (χ0) is 25.8. The number of rotatable bonds is 8. The Kier molecular flexibility index (Phi) is 8.14. The zero-order valence-corrected chi connectivity index (χ0v) is 22.7. The van der Waals surface area contributed by atoms with Gasteiger partial charge in [0.25, 0.3) is 5.91 Å². The highest BCUT2D eigenvalue weighted by Crippen LogP contribution is 2.34. The third-order valence-corrected chi connectivity index (χ3v) is 7.85. The van der Waals surface area contributed by atoms with E-state index in [2.05, 4.69) is 37.4 Å². The van der Waals surface area contributed by atoms with Crippen LogP contribution in [0.2, 0.25) is 0 Å².